The zero-order valence-corrected chi connectivity index (χ0v) is 11.5. The van der Waals surface area contributed by atoms with Crippen molar-refractivity contribution in [1.29, 1.82) is 0 Å². The monoisotopic (exact) mass is 284 g/mol. The number of hydrazone groups is 1. The number of nitrogens with one attached hydrogen (secondary N) is 1. The molecule has 2 rings (SSSR count). The molecule has 2 aromatic carbocycles. The highest BCUT2D eigenvalue weighted by Crippen LogP contribution is 2.20. The summed E-state index contributed by atoms with van der Waals surface area (Å²) >= 11 is 6.02. The van der Waals surface area contributed by atoms with Crippen LogP contribution in [0.4, 0.5) is 5.69 Å². The molecule has 20 heavy (non-hydrogen) atoms. The molecule has 4 heteroatoms. The number of para-hydroxylation sites is 2. The molecule has 0 spiro atoms. The molecule has 3 nitrogen and oxygen atoms in total. The molecule has 1 N–H and O–H groups in total. The molecule has 0 aliphatic heterocycles. The average molecular weight is 285 g/mol. The maximum atomic E-state index is 6.02. The number of anilines is 1. The molecule has 0 saturated heterocycles. The largest absolute Gasteiger partial charge is 0.480 e. The number of benzene rings is 2. The van der Waals surface area contributed by atoms with Crippen LogP contribution in [0.5, 0.6) is 5.75 Å². The maximum Gasteiger partial charge on any atom is 0.148 e. The van der Waals surface area contributed by atoms with E-state index in [2.05, 4.69) is 16.4 Å². The van der Waals surface area contributed by atoms with E-state index in [4.69, 9.17) is 22.8 Å². The summed E-state index contributed by atoms with van der Waals surface area (Å²) < 4.78 is 5.43. The van der Waals surface area contributed by atoms with Gasteiger partial charge in [-0.15, -0.1) is 6.42 Å². The Morgan fingerprint density at radius 2 is 1.95 bits per heavy atom. The van der Waals surface area contributed by atoms with Crippen molar-refractivity contribution in [2.45, 2.75) is 0 Å². The summed E-state index contributed by atoms with van der Waals surface area (Å²) in [5.41, 5.74) is 4.46. The Hall–Kier alpha value is -2.44. The number of ether oxygens (including phenoxy) is 1. The minimum absolute atomic E-state index is 0.225. The molecule has 0 aromatic heterocycles. The lowest BCUT2D eigenvalue weighted by atomic mass is 10.2. The van der Waals surface area contributed by atoms with Gasteiger partial charge in [0.15, 0.2) is 0 Å². The van der Waals surface area contributed by atoms with Gasteiger partial charge in [-0.2, -0.15) is 5.10 Å². The van der Waals surface area contributed by atoms with Crippen LogP contribution in [0.15, 0.2) is 53.6 Å². The van der Waals surface area contributed by atoms with Gasteiger partial charge in [0.1, 0.15) is 12.4 Å². The van der Waals surface area contributed by atoms with E-state index in [9.17, 15) is 0 Å². The third-order valence-electron chi connectivity index (χ3n) is 2.49. The third-order valence-corrected chi connectivity index (χ3v) is 2.82. The molecule has 0 heterocycles. The normalized spacial score (nSPS) is 10.2. The molecular weight excluding hydrogens is 272 g/mol. The molecule has 2 aromatic rings. The smallest absolute Gasteiger partial charge is 0.148 e. The quantitative estimate of drug-likeness (QED) is 0.515. The van der Waals surface area contributed by atoms with E-state index in [1.807, 2.05) is 42.5 Å². The van der Waals surface area contributed by atoms with Gasteiger partial charge in [-0.3, -0.25) is 5.43 Å². The van der Waals surface area contributed by atoms with Crippen molar-refractivity contribution < 1.29 is 4.74 Å². The van der Waals surface area contributed by atoms with Gasteiger partial charge in [0.25, 0.3) is 0 Å². The highest BCUT2D eigenvalue weighted by atomic mass is 35.5. The van der Waals surface area contributed by atoms with E-state index in [-0.39, 0.29) is 6.61 Å². The molecule has 0 fully saturated rings. The summed E-state index contributed by atoms with van der Waals surface area (Å²) in [6, 6.07) is 14.9. The third kappa shape index (κ3) is 3.78. The lowest BCUT2D eigenvalue weighted by Crippen LogP contribution is -1.98. The minimum atomic E-state index is 0.225. The molecular formula is C16H13ClN2O. The Balaban J connectivity index is 2.08. The van der Waals surface area contributed by atoms with Crippen molar-refractivity contribution in [3.05, 3.63) is 59.1 Å². The second kappa shape index (κ2) is 7.22. The van der Waals surface area contributed by atoms with Crippen molar-refractivity contribution in [2.24, 2.45) is 5.10 Å². The number of nitrogens with zero attached hydrogens (tertiary/aromatic N) is 1. The second-order valence-electron chi connectivity index (χ2n) is 3.88. The van der Waals surface area contributed by atoms with E-state index >= 15 is 0 Å². The number of hydrogen-bond donors (Lipinski definition) is 1. The fourth-order valence-electron chi connectivity index (χ4n) is 1.56. The summed E-state index contributed by atoms with van der Waals surface area (Å²) in [4.78, 5) is 0. The predicted octanol–water partition coefficient (Wildman–Crippen LogP) is 3.80. The van der Waals surface area contributed by atoms with Crippen LogP contribution < -0.4 is 10.2 Å². The molecule has 0 aliphatic carbocycles. The Morgan fingerprint density at radius 3 is 2.75 bits per heavy atom. The van der Waals surface area contributed by atoms with Crippen molar-refractivity contribution in [2.75, 3.05) is 12.0 Å². The van der Waals surface area contributed by atoms with Crippen LogP contribution in [0.25, 0.3) is 0 Å². The van der Waals surface area contributed by atoms with E-state index in [0.717, 1.165) is 11.3 Å². The minimum Gasteiger partial charge on any atom is -0.480 e. The zero-order chi connectivity index (χ0) is 14.2. The van der Waals surface area contributed by atoms with Gasteiger partial charge in [-0.05, 0) is 24.3 Å². The molecule has 100 valence electrons. The van der Waals surface area contributed by atoms with E-state index in [1.165, 1.54) is 0 Å². The Bertz CT molecular complexity index is 647. The van der Waals surface area contributed by atoms with Crippen LogP contribution in [0, 0.1) is 12.3 Å². The number of rotatable bonds is 5. The van der Waals surface area contributed by atoms with E-state index in [0.29, 0.717) is 10.8 Å². The first-order chi connectivity index (χ1) is 9.81. The Labute approximate surface area is 123 Å². The highest BCUT2D eigenvalue weighted by molar-refractivity contribution is 6.33. The van der Waals surface area contributed by atoms with Crippen LogP contribution in [0.2, 0.25) is 5.02 Å². The molecule has 0 unspecified atom stereocenters. The van der Waals surface area contributed by atoms with Crippen molar-refractivity contribution in [1.82, 2.24) is 0 Å². The molecule has 0 amide bonds. The fourth-order valence-corrected chi connectivity index (χ4v) is 1.74. The maximum absolute atomic E-state index is 6.02. The summed E-state index contributed by atoms with van der Waals surface area (Å²) in [6.07, 6.45) is 6.85. The topological polar surface area (TPSA) is 33.6 Å². The molecule has 0 bridgehead atoms. The van der Waals surface area contributed by atoms with Gasteiger partial charge in [-0.25, -0.2) is 0 Å². The lowest BCUT2D eigenvalue weighted by Gasteiger charge is -2.06. The first-order valence-electron chi connectivity index (χ1n) is 6.00. The first kappa shape index (κ1) is 14.0. The number of halogens is 1. The van der Waals surface area contributed by atoms with Gasteiger partial charge >= 0.3 is 0 Å². The van der Waals surface area contributed by atoms with Gasteiger partial charge in [0, 0.05) is 5.56 Å². The van der Waals surface area contributed by atoms with Crippen LogP contribution in [0.3, 0.4) is 0 Å². The van der Waals surface area contributed by atoms with Gasteiger partial charge in [-0.1, -0.05) is 41.8 Å². The number of hydrogen-bond acceptors (Lipinski definition) is 3. The van der Waals surface area contributed by atoms with Gasteiger partial charge < -0.3 is 4.74 Å². The summed E-state index contributed by atoms with van der Waals surface area (Å²) in [7, 11) is 0. The van der Waals surface area contributed by atoms with Crippen LogP contribution in [-0.4, -0.2) is 12.8 Å². The molecule has 0 radical (unpaired) electrons. The first-order valence-corrected chi connectivity index (χ1v) is 6.38. The van der Waals surface area contributed by atoms with Crippen LogP contribution in [0.1, 0.15) is 5.56 Å². The lowest BCUT2D eigenvalue weighted by molar-refractivity contribution is 0.370. The Kier molecular flexibility index (Phi) is 5.05. The molecule has 0 aliphatic rings. The second-order valence-corrected chi connectivity index (χ2v) is 4.29. The zero-order valence-electron chi connectivity index (χ0n) is 10.7. The summed E-state index contributed by atoms with van der Waals surface area (Å²) in [6.45, 7) is 0.225. The summed E-state index contributed by atoms with van der Waals surface area (Å²) in [5, 5.41) is 4.76. The van der Waals surface area contributed by atoms with Gasteiger partial charge in [0.2, 0.25) is 0 Å². The highest BCUT2D eigenvalue weighted by Gasteiger charge is 2.00. The number of terminal acetylenes is 1. The SMILES string of the molecule is C#CCOc1ccccc1/C=N\Nc1ccccc1Cl. The van der Waals surface area contributed by atoms with Crippen molar-refractivity contribution >= 4 is 23.5 Å². The average Bonchev–Trinajstić information content (AvgIpc) is 2.48. The van der Waals surface area contributed by atoms with E-state index in [1.54, 1.807) is 12.3 Å². The summed E-state index contributed by atoms with van der Waals surface area (Å²) in [5.74, 6) is 3.12. The van der Waals surface area contributed by atoms with Gasteiger partial charge in [0.05, 0.1) is 16.9 Å². The van der Waals surface area contributed by atoms with Crippen LogP contribution in [-0.2, 0) is 0 Å². The molecule has 0 saturated carbocycles. The van der Waals surface area contributed by atoms with Crippen molar-refractivity contribution in [3.63, 3.8) is 0 Å². The standard InChI is InChI=1S/C16H13ClN2O/c1-2-11-20-16-10-6-3-7-13(16)12-18-19-15-9-5-4-8-14(15)17/h1,3-10,12,19H,11H2/b18-12-. The molecule has 0 atom stereocenters. The van der Waals surface area contributed by atoms with Crippen LogP contribution >= 0.6 is 11.6 Å². The predicted molar refractivity (Wildman–Crippen MR) is 83.4 cm³/mol. The fraction of sp³-hybridized carbons (Fsp3) is 0.0625. The van der Waals surface area contributed by atoms with E-state index < -0.39 is 0 Å². The van der Waals surface area contributed by atoms with Crippen molar-refractivity contribution in [3.8, 4) is 18.1 Å². The Morgan fingerprint density at radius 1 is 1.20 bits per heavy atom.